The van der Waals surface area contributed by atoms with Gasteiger partial charge in [0.15, 0.2) is 0 Å². The van der Waals surface area contributed by atoms with E-state index in [2.05, 4.69) is 13.8 Å². The molecule has 1 aliphatic heterocycles. The van der Waals surface area contributed by atoms with Gasteiger partial charge in [-0.15, -0.1) is 11.3 Å². The zero-order valence-corrected chi connectivity index (χ0v) is 12.9. The summed E-state index contributed by atoms with van der Waals surface area (Å²) in [6.45, 7) is 5.43. The van der Waals surface area contributed by atoms with Gasteiger partial charge in [0.25, 0.3) is 10.0 Å². The van der Waals surface area contributed by atoms with Crippen LogP contribution in [0.4, 0.5) is 0 Å². The molecule has 0 saturated carbocycles. The van der Waals surface area contributed by atoms with Crippen molar-refractivity contribution in [1.82, 2.24) is 4.31 Å². The molecule has 1 aromatic heterocycles. The fraction of sp³-hybridized carbons (Fsp3) is 0.615. The topological polar surface area (TPSA) is 61.2 Å². The average Bonchev–Trinajstić information content (AvgIpc) is 3.06. The van der Waals surface area contributed by atoms with Crippen LogP contribution in [0.3, 0.4) is 0 Å². The molecule has 1 aliphatic rings. The zero-order valence-electron chi connectivity index (χ0n) is 11.2. The first-order valence-electron chi connectivity index (χ1n) is 6.47. The molecular weight excluding hydrogens is 280 g/mol. The number of hydrogen-bond donors (Lipinski definition) is 0. The number of hydrogen-bond acceptors (Lipinski definition) is 4. The molecule has 0 aromatic carbocycles. The van der Waals surface area contributed by atoms with Gasteiger partial charge in [0.1, 0.15) is 15.2 Å². The van der Waals surface area contributed by atoms with E-state index in [0.29, 0.717) is 18.0 Å². The predicted molar refractivity (Wildman–Crippen MR) is 75.4 cm³/mol. The summed E-state index contributed by atoms with van der Waals surface area (Å²) in [5, 5.41) is 8.79. The van der Waals surface area contributed by atoms with E-state index in [-0.39, 0.29) is 9.62 Å². The Morgan fingerprint density at radius 1 is 1.42 bits per heavy atom. The Morgan fingerprint density at radius 3 is 2.58 bits per heavy atom. The second-order valence-corrected chi connectivity index (χ2v) is 8.27. The minimum Gasteiger partial charge on any atom is -0.206 e. The average molecular weight is 298 g/mol. The lowest BCUT2D eigenvalue weighted by Gasteiger charge is -2.26. The van der Waals surface area contributed by atoms with E-state index in [9.17, 15) is 8.42 Å². The summed E-state index contributed by atoms with van der Waals surface area (Å²) in [6.07, 6.45) is 2.93. The Balaban J connectivity index is 2.25. The first kappa shape index (κ1) is 14.5. The second-order valence-electron chi connectivity index (χ2n) is 5.03. The molecule has 2 heterocycles. The lowest BCUT2D eigenvalue weighted by Crippen LogP contribution is -2.31. The van der Waals surface area contributed by atoms with Gasteiger partial charge in [-0.1, -0.05) is 13.8 Å². The van der Waals surface area contributed by atoms with Crippen LogP contribution in [0.15, 0.2) is 16.3 Å². The van der Waals surface area contributed by atoms with Crippen LogP contribution >= 0.6 is 11.3 Å². The fourth-order valence-corrected chi connectivity index (χ4v) is 5.38. The Bertz CT molecular complexity index is 594. The minimum atomic E-state index is -3.42. The Morgan fingerprint density at radius 2 is 2.11 bits per heavy atom. The molecule has 0 aliphatic carbocycles. The summed E-state index contributed by atoms with van der Waals surface area (Å²) in [5.41, 5.74) is 0.127. The molecule has 1 aromatic rings. The molecule has 19 heavy (non-hydrogen) atoms. The van der Waals surface area contributed by atoms with Gasteiger partial charge in [0.05, 0.1) is 0 Å². The van der Waals surface area contributed by atoms with Gasteiger partial charge in [-0.05, 0) is 36.8 Å². The van der Waals surface area contributed by atoms with Crippen LogP contribution in [0, 0.1) is 16.7 Å². The molecule has 104 valence electrons. The Hall–Kier alpha value is -0.900. The summed E-state index contributed by atoms with van der Waals surface area (Å²) >= 11 is 1.05. The highest BCUT2D eigenvalue weighted by Gasteiger charge is 2.41. The van der Waals surface area contributed by atoms with Crippen LogP contribution < -0.4 is 0 Å². The van der Waals surface area contributed by atoms with Crippen molar-refractivity contribution in [2.75, 3.05) is 13.1 Å². The van der Waals surface area contributed by atoms with Crippen molar-refractivity contribution in [2.45, 2.75) is 37.3 Å². The molecule has 0 atom stereocenters. The standard InChI is InChI=1S/C13H18N2O2S2/c1-3-13(4-2)7-8-15(10-13)19(16,17)12-6-5-11(9-14)18-12/h5-6H,3-4,7-8,10H2,1-2H3. The van der Waals surface area contributed by atoms with Crippen molar-refractivity contribution in [3.63, 3.8) is 0 Å². The van der Waals surface area contributed by atoms with Crippen molar-refractivity contribution in [3.05, 3.63) is 17.0 Å². The summed E-state index contributed by atoms with van der Waals surface area (Å²) in [5.74, 6) is 0. The molecular formula is C13H18N2O2S2. The minimum absolute atomic E-state index is 0.127. The van der Waals surface area contributed by atoms with E-state index >= 15 is 0 Å². The number of sulfonamides is 1. The Labute approximate surface area is 118 Å². The number of thiophene rings is 1. The van der Waals surface area contributed by atoms with Gasteiger partial charge in [-0.3, -0.25) is 0 Å². The molecule has 6 heteroatoms. The molecule has 1 fully saturated rings. The van der Waals surface area contributed by atoms with Crippen LogP contribution in [0.5, 0.6) is 0 Å². The number of nitriles is 1. The monoisotopic (exact) mass is 298 g/mol. The zero-order chi connectivity index (χ0) is 14.1. The van der Waals surface area contributed by atoms with E-state index in [1.165, 1.54) is 6.07 Å². The Kier molecular flexibility index (Phi) is 4.00. The summed E-state index contributed by atoms with van der Waals surface area (Å²) in [4.78, 5) is 0.440. The SMILES string of the molecule is CCC1(CC)CCN(S(=O)(=O)c2ccc(C#N)s2)C1. The lowest BCUT2D eigenvalue weighted by atomic mass is 9.82. The smallest absolute Gasteiger partial charge is 0.206 e. The van der Waals surface area contributed by atoms with E-state index in [4.69, 9.17) is 5.26 Å². The normalized spacial score (nSPS) is 19.4. The maximum Gasteiger partial charge on any atom is 0.252 e. The molecule has 0 unspecified atom stereocenters. The van der Waals surface area contributed by atoms with Crippen LogP contribution in [0.2, 0.25) is 0 Å². The summed E-state index contributed by atoms with van der Waals surface area (Å²) in [6, 6.07) is 5.09. The van der Waals surface area contributed by atoms with Crippen molar-refractivity contribution >= 4 is 21.4 Å². The molecule has 2 rings (SSSR count). The molecule has 0 amide bonds. The molecule has 0 bridgehead atoms. The lowest BCUT2D eigenvalue weighted by molar-refractivity contribution is 0.280. The maximum absolute atomic E-state index is 12.5. The second kappa shape index (κ2) is 5.23. The fourth-order valence-electron chi connectivity index (χ4n) is 2.57. The first-order chi connectivity index (χ1) is 8.97. The quantitative estimate of drug-likeness (QED) is 0.858. The molecule has 0 spiro atoms. The van der Waals surface area contributed by atoms with Crippen molar-refractivity contribution in [1.29, 1.82) is 5.26 Å². The molecule has 0 N–H and O–H groups in total. The highest BCUT2D eigenvalue weighted by Crippen LogP contribution is 2.39. The third-order valence-corrected chi connectivity index (χ3v) is 7.49. The van der Waals surface area contributed by atoms with Crippen LogP contribution in [-0.4, -0.2) is 25.8 Å². The third-order valence-electron chi connectivity index (χ3n) is 4.19. The maximum atomic E-state index is 12.5. The summed E-state index contributed by atoms with van der Waals surface area (Å²) < 4.78 is 26.9. The first-order valence-corrected chi connectivity index (χ1v) is 8.73. The third kappa shape index (κ3) is 2.55. The molecule has 1 saturated heterocycles. The largest absolute Gasteiger partial charge is 0.252 e. The van der Waals surface area contributed by atoms with Gasteiger partial charge < -0.3 is 0 Å². The molecule has 0 radical (unpaired) electrons. The van der Waals surface area contributed by atoms with Crippen molar-refractivity contribution in [3.8, 4) is 6.07 Å². The van der Waals surface area contributed by atoms with Crippen LogP contribution in [-0.2, 0) is 10.0 Å². The van der Waals surface area contributed by atoms with Gasteiger partial charge in [-0.2, -0.15) is 9.57 Å². The van der Waals surface area contributed by atoms with Gasteiger partial charge in [0.2, 0.25) is 0 Å². The van der Waals surface area contributed by atoms with E-state index < -0.39 is 10.0 Å². The van der Waals surface area contributed by atoms with E-state index in [0.717, 1.165) is 30.6 Å². The number of rotatable bonds is 4. The van der Waals surface area contributed by atoms with Gasteiger partial charge in [0, 0.05) is 13.1 Å². The van der Waals surface area contributed by atoms with Crippen molar-refractivity contribution in [2.24, 2.45) is 5.41 Å². The number of nitrogens with zero attached hydrogens (tertiary/aromatic N) is 2. The van der Waals surface area contributed by atoms with Crippen LogP contribution in [0.25, 0.3) is 0 Å². The van der Waals surface area contributed by atoms with Crippen LogP contribution in [0.1, 0.15) is 38.0 Å². The van der Waals surface area contributed by atoms with Gasteiger partial charge >= 0.3 is 0 Å². The summed E-state index contributed by atoms with van der Waals surface area (Å²) in [7, 11) is -3.42. The van der Waals surface area contributed by atoms with Gasteiger partial charge in [-0.25, -0.2) is 8.42 Å². The molecule has 4 nitrogen and oxygen atoms in total. The van der Waals surface area contributed by atoms with E-state index in [1.807, 2.05) is 6.07 Å². The predicted octanol–water partition coefficient (Wildman–Crippen LogP) is 2.82. The van der Waals surface area contributed by atoms with E-state index in [1.54, 1.807) is 10.4 Å². The highest BCUT2D eigenvalue weighted by molar-refractivity contribution is 7.91. The highest BCUT2D eigenvalue weighted by atomic mass is 32.2. The van der Waals surface area contributed by atoms with Crippen molar-refractivity contribution < 1.29 is 8.42 Å².